The molecule has 2 aromatic carbocycles. The van der Waals surface area contributed by atoms with Gasteiger partial charge in [-0.2, -0.15) is 8.78 Å². The van der Waals surface area contributed by atoms with E-state index >= 15 is 0 Å². The predicted octanol–water partition coefficient (Wildman–Crippen LogP) is 3.68. The van der Waals surface area contributed by atoms with Gasteiger partial charge < -0.3 is 9.47 Å². The number of aldehydes is 1. The molecule has 0 bridgehead atoms. The maximum Gasteiger partial charge on any atom is 0.306 e. The van der Waals surface area contributed by atoms with E-state index in [1.165, 1.54) is 37.4 Å². The van der Waals surface area contributed by atoms with Crippen LogP contribution in [0, 0.1) is 0 Å². The lowest BCUT2D eigenvalue weighted by Crippen LogP contribution is -2.23. The quantitative estimate of drug-likeness (QED) is 0.762. The molecule has 0 saturated heterocycles. The number of ether oxygens (including phenoxy) is 2. The minimum Gasteiger partial charge on any atom is -0.493 e. The molecule has 0 saturated carbocycles. The molecule has 0 unspecified atom stereocenters. The molecule has 0 spiro atoms. The molecule has 0 fully saturated rings. The fourth-order valence-corrected chi connectivity index (χ4v) is 1.87. The first-order chi connectivity index (χ1) is 10.1. The Labute approximate surface area is 121 Å². The number of methoxy groups -OCH3 is 1. The van der Waals surface area contributed by atoms with Crippen LogP contribution in [0.4, 0.5) is 8.78 Å². The molecule has 0 radical (unpaired) electrons. The number of carbonyl (C=O) groups excluding carboxylic acids is 1. The van der Waals surface area contributed by atoms with E-state index in [4.69, 9.17) is 9.47 Å². The molecule has 0 aliphatic heterocycles. The van der Waals surface area contributed by atoms with Crippen molar-refractivity contribution >= 4 is 6.29 Å². The van der Waals surface area contributed by atoms with E-state index in [2.05, 4.69) is 0 Å². The molecule has 0 aliphatic carbocycles. The summed E-state index contributed by atoms with van der Waals surface area (Å²) in [7, 11) is 1.38. The number of alkyl halides is 2. The highest BCUT2D eigenvalue weighted by Crippen LogP contribution is 2.34. The summed E-state index contributed by atoms with van der Waals surface area (Å²) in [4.78, 5) is 11.0. The minimum atomic E-state index is -3.16. The van der Waals surface area contributed by atoms with Crippen molar-refractivity contribution in [3.63, 3.8) is 0 Å². The average Bonchev–Trinajstić information content (AvgIpc) is 2.53. The van der Waals surface area contributed by atoms with Crippen molar-refractivity contribution in [3.8, 4) is 11.5 Å². The Bertz CT molecular complexity index is 612. The van der Waals surface area contributed by atoms with Crippen molar-refractivity contribution < 1.29 is 23.0 Å². The molecule has 2 aromatic rings. The van der Waals surface area contributed by atoms with Gasteiger partial charge in [0.25, 0.3) is 0 Å². The van der Waals surface area contributed by atoms with Gasteiger partial charge in [-0.1, -0.05) is 36.4 Å². The van der Waals surface area contributed by atoms with Gasteiger partial charge >= 0.3 is 5.92 Å². The molecule has 0 amide bonds. The summed E-state index contributed by atoms with van der Waals surface area (Å²) in [5.74, 6) is -2.91. The van der Waals surface area contributed by atoms with Crippen LogP contribution in [0.5, 0.6) is 11.5 Å². The largest absolute Gasteiger partial charge is 0.493 e. The third-order valence-electron chi connectivity index (χ3n) is 2.95. The molecular weight excluding hydrogens is 278 g/mol. The maximum absolute atomic E-state index is 14.1. The van der Waals surface area contributed by atoms with Crippen molar-refractivity contribution in [2.24, 2.45) is 0 Å². The second kappa shape index (κ2) is 6.35. The summed E-state index contributed by atoms with van der Waals surface area (Å²) in [5, 5.41) is 0. The molecular formula is C16H14F2O3. The van der Waals surface area contributed by atoms with E-state index < -0.39 is 12.5 Å². The molecule has 21 heavy (non-hydrogen) atoms. The molecule has 110 valence electrons. The molecule has 0 aromatic heterocycles. The van der Waals surface area contributed by atoms with E-state index in [9.17, 15) is 13.6 Å². The van der Waals surface area contributed by atoms with E-state index in [1.807, 2.05) is 0 Å². The Kier molecular flexibility index (Phi) is 4.52. The van der Waals surface area contributed by atoms with Crippen LogP contribution in [0.3, 0.4) is 0 Å². The number of halogens is 2. The first kappa shape index (κ1) is 15.0. The second-order valence-corrected chi connectivity index (χ2v) is 4.36. The predicted molar refractivity (Wildman–Crippen MR) is 74.2 cm³/mol. The van der Waals surface area contributed by atoms with Crippen LogP contribution < -0.4 is 9.47 Å². The van der Waals surface area contributed by atoms with Crippen LogP contribution >= 0.6 is 0 Å². The fourth-order valence-electron chi connectivity index (χ4n) is 1.87. The molecule has 5 heteroatoms. The average molecular weight is 292 g/mol. The van der Waals surface area contributed by atoms with Crippen molar-refractivity contribution in [1.82, 2.24) is 0 Å². The highest BCUT2D eigenvalue weighted by molar-refractivity contribution is 5.81. The SMILES string of the molecule is COc1cccc(C=O)c1OCC(F)(F)c1ccccc1. The number of para-hydroxylation sites is 1. The topological polar surface area (TPSA) is 35.5 Å². The van der Waals surface area contributed by atoms with Gasteiger partial charge in [0.1, 0.15) is 0 Å². The molecule has 0 atom stereocenters. The molecule has 0 aliphatic rings. The first-order valence-corrected chi connectivity index (χ1v) is 6.27. The third-order valence-corrected chi connectivity index (χ3v) is 2.95. The number of rotatable bonds is 6. The minimum absolute atomic E-state index is 0.0191. The fraction of sp³-hybridized carbons (Fsp3) is 0.188. The van der Waals surface area contributed by atoms with Gasteiger partial charge in [-0.05, 0) is 12.1 Å². The lowest BCUT2D eigenvalue weighted by atomic mass is 10.1. The molecule has 2 rings (SSSR count). The summed E-state index contributed by atoms with van der Waals surface area (Å²) < 4.78 is 38.3. The van der Waals surface area contributed by atoms with Gasteiger partial charge in [0.05, 0.1) is 12.7 Å². The standard InChI is InChI=1S/C16H14F2O3/c1-20-14-9-5-6-12(10-19)15(14)21-11-16(17,18)13-7-3-2-4-8-13/h2-10H,11H2,1H3. The van der Waals surface area contributed by atoms with E-state index in [-0.39, 0.29) is 22.6 Å². The van der Waals surface area contributed by atoms with Crippen LogP contribution in [0.15, 0.2) is 48.5 Å². The van der Waals surface area contributed by atoms with E-state index in [1.54, 1.807) is 18.2 Å². The Morgan fingerprint density at radius 1 is 1.10 bits per heavy atom. The molecule has 0 heterocycles. The Morgan fingerprint density at radius 3 is 2.43 bits per heavy atom. The Balaban J connectivity index is 2.22. The van der Waals surface area contributed by atoms with Gasteiger partial charge in [0.2, 0.25) is 0 Å². The highest BCUT2D eigenvalue weighted by Gasteiger charge is 2.33. The zero-order chi connectivity index (χ0) is 15.3. The zero-order valence-corrected chi connectivity index (χ0v) is 11.4. The lowest BCUT2D eigenvalue weighted by Gasteiger charge is -2.19. The van der Waals surface area contributed by atoms with Crippen LogP contribution in [-0.4, -0.2) is 20.0 Å². The summed E-state index contributed by atoms with van der Waals surface area (Å²) in [6, 6.07) is 12.0. The number of carbonyl (C=O) groups is 1. The maximum atomic E-state index is 14.1. The van der Waals surface area contributed by atoms with E-state index in [0.29, 0.717) is 6.29 Å². The summed E-state index contributed by atoms with van der Waals surface area (Å²) >= 11 is 0. The smallest absolute Gasteiger partial charge is 0.306 e. The normalized spacial score (nSPS) is 11.0. The number of hydrogen-bond donors (Lipinski definition) is 0. The van der Waals surface area contributed by atoms with Gasteiger partial charge in [-0.25, -0.2) is 0 Å². The van der Waals surface area contributed by atoms with Gasteiger partial charge in [-0.15, -0.1) is 0 Å². The van der Waals surface area contributed by atoms with Crippen molar-refractivity contribution in [1.29, 1.82) is 0 Å². The van der Waals surface area contributed by atoms with Crippen molar-refractivity contribution in [2.45, 2.75) is 5.92 Å². The number of benzene rings is 2. The van der Waals surface area contributed by atoms with Gasteiger partial charge in [-0.3, -0.25) is 4.79 Å². The Morgan fingerprint density at radius 2 is 1.81 bits per heavy atom. The summed E-state index contributed by atoms with van der Waals surface area (Å²) in [5.41, 5.74) is 0.0192. The van der Waals surface area contributed by atoms with E-state index in [0.717, 1.165) is 0 Å². The van der Waals surface area contributed by atoms with Crippen molar-refractivity contribution in [2.75, 3.05) is 13.7 Å². The van der Waals surface area contributed by atoms with Crippen LogP contribution in [0.2, 0.25) is 0 Å². The highest BCUT2D eigenvalue weighted by atomic mass is 19.3. The third kappa shape index (κ3) is 3.37. The lowest BCUT2D eigenvalue weighted by molar-refractivity contribution is -0.0473. The van der Waals surface area contributed by atoms with Crippen molar-refractivity contribution in [3.05, 3.63) is 59.7 Å². The molecule has 0 N–H and O–H groups in total. The van der Waals surface area contributed by atoms with Crippen LogP contribution in [-0.2, 0) is 5.92 Å². The molecule has 3 nitrogen and oxygen atoms in total. The Hall–Kier alpha value is -2.43. The summed E-state index contributed by atoms with van der Waals surface area (Å²) in [6.45, 7) is -0.877. The van der Waals surface area contributed by atoms with Gasteiger partial charge in [0, 0.05) is 5.56 Å². The number of hydrogen-bond acceptors (Lipinski definition) is 3. The van der Waals surface area contributed by atoms with Crippen LogP contribution in [0.25, 0.3) is 0 Å². The van der Waals surface area contributed by atoms with Crippen LogP contribution in [0.1, 0.15) is 15.9 Å². The monoisotopic (exact) mass is 292 g/mol. The first-order valence-electron chi connectivity index (χ1n) is 6.27. The zero-order valence-electron chi connectivity index (χ0n) is 11.4. The second-order valence-electron chi connectivity index (χ2n) is 4.36. The summed E-state index contributed by atoms with van der Waals surface area (Å²) in [6.07, 6.45) is 0.540. The van der Waals surface area contributed by atoms with Gasteiger partial charge in [0.15, 0.2) is 24.4 Å².